The van der Waals surface area contributed by atoms with Crippen molar-refractivity contribution in [3.05, 3.63) is 27.5 Å². The molecule has 15 heavy (non-hydrogen) atoms. The van der Waals surface area contributed by atoms with E-state index in [1.807, 2.05) is 0 Å². The van der Waals surface area contributed by atoms with Crippen LogP contribution in [0.5, 0.6) is 0 Å². The van der Waals surface area contributed by atoms with E-state index in [0.717, 1.165) is 6.20 Å². The number of pyridine rings is 1. The lowest BCUT2D eigenvalue weighted by atomic mass is 10.1. The Morgan fingerprint density at radius 3 is 2.67 bits per heavy atom. The standard InChI is InChI=1S/C8H5BrClF2NO2/c9-6-5(7(11)12)4(8(14)15)3(1-10)2-13-6/h2,7H,1H2,(H,14,15). The highest BCUT2D eigenvalue weighted by molar-refractivity contribution is 9.10. The van der Waals surface area contributed by atoms with Crippen molar-refractivity contribution in [2.75, 3.05) is 0 Å². The molecular weight excluding hydrogens is 295 g/mol. The predicted molar refractivity (Wildman–Crippen MR) is 53.4 cm³/mol. The number of aromatic carboxylic acids is 1. The fourth-order valence-corrected chi connectivity index (χ4v) is 1.77. The first-order valence-electron chi connectivity index (χ1n) is 3.73. The van der Waals surface area contributed by atoms with Crippen LogP contribution in [0.25, 0.3) is 0 Å². The van der Waals surface area contributed by atoms with E-state index in [1.165, 1.54) is 0 Å². The number of hydrogen-bond acceptors (Lipinski definition) is 2. The summed E-state index contributed by atoms with van der Waals surface area (Å²) in [6, 6.07) is 0. The number of carboxylic acid groups (broad SMARTS) is 1. The van der Waals surface area contributed by atoms with Crippen molar-refractivity contribution in [2.24, 2.45) is 0 Å². The van der Waals surface area contributed by atoms with E-state index in [4.69, 9.17) is 16.7 Å². The molecule has 0 saturated carbocycles. The third-order valence-electron chi connectivity index (χ3n) is 1.72. The van der Waals surface area contributed by atoms with E-state index >= 15 is 0 Å². The van der Waals surface area contributed by atoms with Crippen LogP contribution in [-0.2, 0) is 5.88 Å². The average Bonchev–Trinajstić information content (AvgIpc) is 2.16. The number of alkyl halides is 3. The van der Waals surface area contributed by atoms with Gasteiger partial charge in [-0.05, 0) is 15.9 Å². The first kappa shape index (κ1) is 12.3. The molecule has 0 unspecified atom stereocenters. The van der Waals surface area contributed by atoms with Crippen molar-refractivity contribution in [3.63, 3.8) is 0 Å². The van der Waals surface area contributed by atoms with E-state index in [9.17, 15) is 13.6 Å². The van der Waals surface area contributed by atoms with Gasteiger partial charge in [0.25, 0.3) is 6.43 Å². The zero-order chi connectivity index (χ0) is 11.6. The maximum absolute atomic E-state index is 12.6. The Balaban J connectivity index is 3.51. The smallest absolute Gasteiger partial charge is 0.336 e. The summed E-state index contributed by atoms with van der Waals surface area (Å²) in [5.41, 5.74) is -1.05. The number of carboxylic acids is 1. The van der Waals surface area contributed by atoms with Gasteiger partial charge in [0, 0.05) is 17.6 Å². The third kappa shape index (κ3) is 2.43. The molecule has 0 fully saturated rings. The highest BCUT2D eigenvalue weighted by Crippen LogP contribution is 2.31. The minimum absolute atomic E-state index is 0.0719. The highest BCUT2D eigenvalue weighted by Gasteiger charge is 2.25. The SMILES string of the molecule is O=C(O)c1c(CCl)cnc(Br)c1C(F)F. The monoisotopic (exact) mass is 299 g/mol. The topological polar surface area (TPSA) is 50.2 Å². The summed E-state index contributed by atoms with van der Waals surface area (Å²) in [5.74, 6) is -1.62. The Hall–Kier alpha value is -0.750. The molecule has 1 aromatic heterocycles. The van der Waals surface area contributed by atoms with Crippen molar-refractivity contribution >= 4 is 33.5 Å². The second-order valence-corrected chi connectivity index (χ2v) is 3.62. The van der Waals surface area contributed by atoms with Gasteiger partial charge in [0.05, 0.1) is 11.1 Å². The maximum atomic E-state index is 12.6. The molecule has 3 nitrogen and oxygen atoms in total. The fourth-order valence-electron chi connectivity index (χ4n) is 1.10. The molecule has 0 radical (unpaired) electrons. The van der Waals surface area contributed by atoms with Gasteiger partial charge in [-0.3, -0.25) is 0 Å². The molecule has 0 bridgehead atoms. The fraction of sp³-hybridized carbons (Fsp3) is 0.250. The van der Waals surface area contributed by atoms with Crippen LogP contribution in [0.1, 0.15) is 27.9 Å². The number of aromatic nitrogens is 1. The van der Waals surface area contributed by atoms with Gasteiger partial charge in [-0.1, -0.05) is 0 Å². The predicted octanol–water partition coefficient (Wildman–Crippen LogP) is 3.22. The molecule has 1 aromatic rings. The largest absolute Gasteiger partial charge is 0.478 e. The number of hydrogen-bond donors (Lipinski definition) is 1. The zero-order valence-corrected chi connectivity index (χ0v) is 9.52. The highest BCUT2D eigenvalue weighted by atomic mass is 79.9. The molecule has 0 atom stereocenters. The van der Waals surface area contributed by atoms with Crippen LogP contribution in [0, 0.1) is 0 Å². The molecule has 0 aliphatic heterocycles. The molecule has 82 valence electrons. The minimum atomic E-state index is -2.92. The molecule has 7 heteroatoms. The lowest BCUT2D eigenvalue weighted by molar-refractivity contribution is 0.0682. The van der Waals surface area contributed by atoms with Crippen molar-refractivity contribution in [2.45, 2.75) is 12.3 Å². The van der Waals surface area contributed by atoms with E-state index in [0.29, 0.717) is 0 Å². The van der Waals surface area contributed by atoms with Crippen LogP contribution >= 0.6 is 27.5 Å². The van der Waals surface area contributed by atoms with Gasteiger partial charge in [-0.2, -0.15) is 0 Å². The van der Waals surface area contributed by atoms with Gasteiger partial charge >= 0.3 is 5.97 Å². The minimum Gasteiger partial charge on any atom is -0.478 e. The molecule has 1 heterocycles. The maximum Gasteiger partial charge on any atom is 0.336 e. The number of carbonyl (C=O) groups is 1. The normalized spacial score (nSPS) is 10.7. The number of halogens is 4. The van der Waals surface area contributed by atoms with E-state index in [1.54, 1.807) is 0 Å². The summed E-state index contributed by atoms with van der Waals surface area (Å²) in [6.45, 7) is 0. The van der Waals surface area contributed by atoms with Crippen LogP contribution in [0.15, 0.2) is 10.8 Å². The molecule has 0 aromatic carbocycles. The molecule has 1 N–H and O–H groups in total. The molecule has 0 amide bonds. The zero-order valence-electron chi connectivity index (χ0n) is 7.18. The molecule has 0 spiro atoms. The van der Waals surface area contributed by atoms with E-state index < -0.39 is 23.5 Å². The van der Waals surface area contributed by atoms with Crippen LogP contribution < -0.4 is 0 Å². The third-order valence-corrected chi connectivity index (χ3v) is 2.64. The summed E-state index contributed by atoms with van der Waals surface area (Å²) in [4.78, 5) is 14.4. The second-order valence-electron chi connectivity index (χ2n) is 2.60. The van der Waals surface area contributed by atoms with Crippen molar-refractivity contribution in [1.29, 1.82) is 0 Å². The van der Waals surface area contributed by atoms with Crippen LogP contribution in [0.4, 0.5) is 8.78 Å². The Kier molecular flexibility index (Phi) is 3.98. The lowest BCUT2D eigenvalue weighted by Gasteiger charge is -2.10. The van der Waals surface area contributed by atoms with Gasteiger partial charge in [0.2, 0.25) is 0 Å². The molecule has 0 aliphatic rings. The van der Waals surface area contributed by atoms with Crippen LogP contribution in [-0.4, -0.2) is 16.1 Å². The van der Waals surface area contributed by atoms with Crippen LogP contribution in [0.3, 0.4) is 0 Å². The van der Waals surface area contributed by atoms with Gasteiger partial charge in [-0.25, -0.2) is 18.6 Å². The van der Waals surface area contributed by atoms with Gasteiger partial charge in [0.15, 0.2) is 0 Å². The van der Waals surface area contributed by atoms with E-state index in [-0.39, 0.29) is 16.0 Å². The van der Waals surface area contributed by atoms with Gasteiger partial charge in [-0.15, -0.1) is 11.6 Å². The van der Waals surface area contributed by atoms with Crippen molar-refractivity contribution in [1.82, 2.24) is 4.98 Å². The summed E-state index contributed by atoms with van der Waals surface area (Å²) in [7, 11) is 0. The van der Waals surface area contributed by atoms with E-state index in [2.05, 4.69) is 20.9 Å². The Labute approximate surface area is 97.2 Å². The van der Waals surface area contributed by atoms with Gasteiger partial charge < -0.3 is 5.11 Å². The van der Waals surface area contributed by atoms with Crippen molar-refractivity contribution < 1.29 is 18.7 Å². The second kappa shape index (κ2) is 4.85. The Morgan fingerprint density at radius 2 is 2.27 bits per heavy atom. The summed E-state index contributed by atoms with van der Waals surface area (Å²) in [5, 5.41) is 8.81. The Bertz CT molecular complexity index is 400. The van der Waals surface area contributed by atoms with Crippen molar-refractivity contribution in [3.8, 4) is 0 Å². The summed E-state index contributed by atoms with van der Waals surface area (Å²) < 4.78 is 25.0. The summed E-state index contributed by atoms with van der Waals surface area (Å²) in [6.07, 6.45) is -1.76. The molecule has 1 rings (SSSR count). The molecular formula is C8H5BrClF2NO2. The van der Waals surface area contributed by atoms with Gasteiger partial charge in [0.1, 0.15) is 4.60 Å². The average molecular weight is 300 g/mol. The first-order chi connectivity index (χ1) is 6.99. The molecule has 0 aliphatic carbocycles. The number of nitrogens with zero attached hydrogens (tertiary/aromatic N) is 1. The Morgan fingerprint density at radius 1 is 1.67 bits per heavy atom. The first-order valence-corrected chi connectivity index (χ1v) is 5.06. The lowest BCUT2D eigenvalue weighted by Crippen LogP contribution is -2.09. The number of rotatable bonds is 3. The quantitative estimate of drug-likeness (QED) is 0.689. The van der Waals surface area contributed by atoms with Crippen LogP contribution in [0.2, 0.25) is 0 Å². The molecule has 0 saturated heterocycles. The summed E-state index contributed by atoms with van der Waals surface area (Å²) >= 11 is 8.22.